The minimum Gasteiger partial charge on any atom is -0.317 e. The minimum absolute atomic E-state index is 0.0194. The van der Waals surface area contributed by atoms with Crippen LogP contribution in [0, 0.1) is 0 Å². The van der Waals surface area contributed by atoms with Gasteiger partial charge in [0.2, 0.25) is 0 Å². The van der Waals surface area contributed by atoms with Gasteiger partial charge in [0, 0.05) is 18.6 Å². The highest BCUT2D eigenvalue weighted by Crippen LogP contribution is 2.28. The molecule has 7 heteroatoms. The Balaban J connectivity index is 3.56. The summed E-state index contributed by atoms with van der Waals surface area (Å²) in [4.78, 5) is 0.0982. The summed E-state index contributed by atoms with van der Waals surface area (Å²) < 4.78 is 47.0. The number of rotatable bonds is 5. The van der Waals surface area contributed by atoms with Crippen molar-refractivity contribution in [1.82, 2.24) is 5.32 Å². The van der Waals surface area contributed by atoms with Crippen LogP contribution >= 0.6 is 0 Å². The van der Waals surface area contributed by atoms with Crippen LogP contribution in [0.1, 0.15) is 25.3 Å². The summed E-state index contributed by atoms with van der Waals surface area (Å²) in [5.74, 6) is -0.0571. The van der Waals surface area contributed by atoms with Crippen molar-refractivity contribution in [2.24, 2.45) is 0 Å². The minimum atomic E-state index is -3.50. The van der Waals surface area contributed by atoms with Gasteiger partial charge in [-0.15, -0.1) is 0 Å². The summed E-state index contributed by atoms with van der Waals surface area (Å²) in [5, 5.41) is 3.07. The third kappa shape index (κ3) is 3.80. The first-order valence-corrected chi connectivity index (χ1v) is 9.98. The Labute approximate surface area is 121 Å². The first-order chi connectivity index (χ1) is 8.98. The number of sulfone groups is 2. The zero-order chi connectivity index (χ0) is 15.7. The lowest BCUT2D eigenvalue weighted by Crippen LogP contribution is -2.28. The molecule has 2 atom stereocenters. The zero-order valence-corrected chi connectivity index (χ0v) is 14.0. The lowest BCUT2D eigenvalue weighted by Gasteiger charge is -2.22. The molecule has 114 valence electrons. The number of likely N-dealkylation sites (N-methyl/N-ethyl adjacent to an activating group) is 1. The molecule has 1 aromatic rings. The molecule has 0 spiro atoms. The zero-order valence-electron chi connectivity index (χ0n) is 12.3. The molecule has 0 heterocycles. The van der Waals surface area contributed by atoms with Crippen molar-refractivity contribution >= 4 is 19.7 Å². The lowest BCUT2D eigenvalue weighted by molar-refractivity contribution is 0.516. The monoisotopic (exact) mass is 319 g/mol. The van der Waals surface area contributed by atoms with Crippen LogP contribution in [0.2, 0.25) is 0 Å². The average Bonchev–Trinajstić information content (AvgIpc) is 2.34. The van der Waals surface area contributed by atoms with Gasteiger partial charge in [0.05, 0.1) is 9.79 Å². The van der Waals surface area contributed by atoms with Gasteiger partial charge in [-0.2, -0.15) is 0 Å². The van der Waals surface area contributed by atoms with E-state index < -0.39 is 19.7 Å². The molecule has 0 saturated carbocycles. The molecule has 0 aliphatic carbocycles. The van der Waals surface area contributed by atoms with Crippen LogP contribution in [-0.4, -0.2) is 42.4 Å². The fourth-order valence-electron chi connectivity index (χ4n) is 1.96. The Morgan fingerprint density at radius 1 is 1.00 bits per heavy atom. The third-order valence-corrected chi connectivity index (χ3v) is 5.77. The van der Waals surface area contributed by atoms with E-state index >= 15 is 0 Å². The molecule has 1 N–H and O–H groups in total. The van der Waals surface area contributed by atoms with E-state index in [0.717, 1.165) is 12.5 Å². The van der Waals surface area contributed by atoms with E-state index in [1.54, 1.807) is 13.1 Å². The highest BCUT2D eigenvalue weighted by atomic mass is 32.2. The Bertz CT molecular complexity index is 693. The molecule has 20 heavy (non-hydrogen) atoms. The predicted octanol–water partition coefficient (Wildman–Crippen LogP) is 1.21. The maximum absolute atomic E-state index is 11.9. The van der Waals surface area contributed by atoms with Crippen LogP contribution in [0.4, 0.5) is 0 Å². The van der Waals surface area contributed by atoms with Crippen molar-refractivity contribution < 1.29 is 16.8 Å². The van der Waals surface area contributed by atoms with Gasteiger partial charge >= 0.3 is 0 Å². The molecule has 0 aliphatic rings. The van der Waals surface area contributed by atoms with E-state index in [1.807, 2.05) is 13.8 Å². The maximum Gasteiger partial charge on any atom is 0.175 e. The second kappa shape index (κ2) is 5.83. The van der Waals surface area contributed by atoms with Gasteiger partial charge in [0.1, 0.15) is 0 Å². The Hall–Kier alpha value is -0.920. The van der Waals surface area contributed by atoms with Gasteiger partial charge in [-0.1, -0.05) is 13.0 Å². The van der Waals surface area contributed by atoms with Gasteiger partial charge in [-0.25, -0.2) is 16.8 Å². The van der Waals surface area contributed by atoms with Gasteiger partial charge in [0.25, 0.3) is 0 Å². The number of nitrogens with one attached hydrogen (secondary N) is 1. The van der Waals surface area contributed by atoms with Gasteiger partial charge in [-0.3, -0.25) is 0 Å². The summed E-state index contributed by atoms with van der Waals surface area (Å²) in [6.45, 7) is 3.85. The number of benzene rings is 1. The van der Waals surface area contributed by atoms with E-state index in [9.17, 15) is 16.8 Å². The summed E-state index contributed by atoms with van der Waals surface area (Å²) >= 11 is 0. The number of hydrogen-bond acceptors (Lipinski definition) is 5. The van der Waals surface area contributed by atoms with Crippen molar-refractivity contribution in [1.29, 1.82) is 0 Å². The first kappa shape index (κ1) is 17.1. The van der Waals surface area contributed by atoms with Crippen molar-refractivity contribution in [3.63, 3.8) is 0 Å². The molecule has 0 amide bonds. The Morgan fingerprint density at radius 2 is 1.55 bits per heavy atom. The molecular weight excluding hydrogens is 298 g/mol. The molecule has 1 rings (SSSR count). The summed E-state index contributed by atoms with van der Waals surface area (Å²) in [6.07, 6.45) is 2.16. The molecule has 5 nitrogen and oxygen atoms in total. The fourth-order valence-corrected chi connectivity index (χ4v) is 3.71. The molecule has 0 saturated heterocycles. The highest BCUT2D eigenvalue weighted by Gasteiger charge is 2.23. The smallest absolute Gasteiger partial charge is 0.175 e. The van der Waals surface area contributed by atoms with Gasteiger partial charge in [-0.05, 0) is 37.6 Å². The van der Waals surface area contributed by atoms with Crippen LogP contribution in [0.3, 0.4) is 0 Å². The molecule has 0 fully saturated rings. The fraction of sp³-hybridized carbons (Fsp3) is 0.538. The molecule has 0 radical (unpaired) electrons. The molecule has 2 unspecified atom stereocenters. The van der Waals surface area contributed by atoms with Crippen LogP contribution in [0.25, 0.3) is 0 Å². The second-order valence-corrected chi connectivity index (χ2v) is 9.11. The summed E-state index contributed by atoms with van der Waals surface area (Å²) in [5.41, 5.74) is 0.627. The van der Waals surface area contributed by atoms with Crippen LogP contribution in [0.15, 0.2) is 28.0 Å². The van der Waals surface area contributed by atoms with E-state index in [4.69, 9.17) is 0 Å². The van der Waals surface area contributed by atoms with Crippen LogP contribution < -0.4 is 5.32 Å². The third-order valence-electron chi connectivity index (χ3n) is 3.51. The molecular formula is C13H21NO4S2. The molecule has 1 aromatic carbocycles. The lowest BCUT2D eigenvalue weighted by atomic mass is 9.94. The average molecular weight is 319 g/mol. The summed E-state index contributed by atoms with van der Waals surface area (Å²) in [7, 11) is -5.13. The van der Waals surface area contributed by atoms with Crippen molar-refractivity contribution in [3.05, 3.63) is 23.8 Å². The molecule has 0 aliphatic heterocycles. The SMILES string of the molecule is CNC(C)C(C)c1ccc(S(C)(=O)=O)cc1S(C)(=O)=O. The predicted molar refractivity (Wildman–Crippen MR) is 79.6 cm³/mol. The quantitative estimate of drug-likeness (QED) is 0.882. The van der Waals surface area contributed by atoms with E-state index in [2.05, 4.69) is 5.32 Å². The van der Waals surface area contributed by atoms with Crippen molar-refractivity contribution in [2.75, 3.05) is 19.6 Å². The van der Waals surface area contributed by atoms with Crippen LogP contribution in [-0.2, 0) is 19.7 Å². The first-order valence-electron chi connectivity index (χ1n) is 6.19. The largest absolute Gasteiger partial charge is 0.317 e. The second-order valence-electron chi connectivity index (χ2n) is 5.11. The van der Waals surface area contributed by atoms with Crippen molar-refractivity contribution in [2.45, 2.75) is 35.6 Å². The highest BCUT2D eigenvalue weighted by molar-refractivity contribution is 7.91. The van der Waals surface area contributed by atoms with E-state index in [1.165, 1.54) is 12.1 Å². The molecule has 0 aromatic heterocycles. The number of hydrogen-bond donors (Lipinski definition) is 1. The Kier molecular flexibility index (Phi) is 4.99. The summed E-state index contributed by atoms with van der Waals surface area (Å²) in [6, 6.07) is 4.36. The Morgan fingerprint density at radius 3 is 1.95 bits per heavy atom. The normalized spacial score (nSPS) is 15.8. The van der Waals surface area contributed by atoms with E-state index in [0.29, 0.717) is 5.56 Å². The molecule has 0 bridgehead atoms. The van der Waals surface area contributed by atoms with Gasteiger partial charge in [0.15, 0.2) is 19.7 Å². The van der Waals surface area contributed by atoms with Crippen LogP contribution in [0.5, 0.6) is 0 Å². The topological polar surface area (TPSA) is 80.3 Å². The maximum atomic E-state index is 11.9. The standard InChI is InChI=1S/C13H21NO4S2/c1-9(10(2)14-3)12-7-6-11(19(4,15)16)8-13(12)20(5,17)18/h6-10,14H,1-5H3. The van der Waals surface area contributed by atoms with Gasteiger partial charge < -0.3 is 5.32 Å². The van der Waals surface area contributed by atoms with Crippen molar-refractivity contribution in [3.8, 4) is 0 Å². The van der Waals surface area contributed by atoms with E-state index in [-0.39, 0.29) is 21.8 Å².